The molecular weight excluding hydrogens is 234 g/mol. The number of nitrogens with one attached hydrogen (secondary N) is 1. The lowest BCUT2D eigenvalue weighted by atomic mass is 10.2. The molecule has 1 aromatic rings. The molecule has 15 heavy (non-hydrogen) atoms. The van der Waals surface area contributed by atoms with Crippen molar-refractivity contribution in [3.8, 4) is 0 Å². The molecule has 0 fully saturated rings. The SMILES string of the molecule is CC(CO)NC(=O)CCc1ccc(Cl)s1. The van der Waals surface area contributed by atoms with Gasteiger partial charge in [0.05, 0.1) is 10.9 Å². The number of hydrogen-bond acceptors (Lipinski definition) is 3. The van der Waals surface area contributed by atoms with Crippen LogP contribution in [0, 0.1) is 0 Å². The summed E-state index contributed by atoms with van der Waals surface area (Å²) in [6.45, 7) is 1.73. The lowest BCUT2D eigenvalue weighted by Gasteiger charge is -2.09. The average Bonchev–Trinajstić information content (AvgIpc) is 2.61. The maximum atomic E-state index is 11.3. The number of halogens is 1. The zero-order valence-electron chi connectivity index (χ0n) is 8.50. The van der Waals surface area contributed by atoms with Crippen LogP contribution in [0.3, 0.4) is 0 Å². The van der Waals surface area contributed by atoms with Crippen molar-refractivity contribution in [2.75, 3.05) is 6.61 Å². The van der Waals surface area contributed by atoms with Crippen LogP contribution in [0.1, 0.15) is 18.2 Å². The number of aliphatic hydroxyl groups is 1. The number of thiophene rings is 1. The molecule has 1 atom stereocenters. The molecular formula is C10H14ClNO2S. The first-order valence-electron chi connectivity index (χ1n) is 4.76. The van der Waals surface area contributed by atoms with Gasteiger partial charge in [-0.2, -0.15) is 0 Å². The normalized spacial score (nSPS) is 12.5. The Morgan fingerprint density at radius 1 is 1.67 bits per heavy atom. The van der Waals surface area contributed by atoms with Gasteiger partial charge in [0.25, 0.3) is 0 Å². The standard InChI is InChI=1S/C10H14ClNO2S/c1-7(6-13)12-10(14)5-3-8-2-4-9(11)15-8/h2,4,7,13H,3,5-6H2,1H3,(H,12,14). The third-order valence-corrected chi connectivity index (χ3v) is 3.20. The predicted octanol–water partition coefficient (Wildman–Crippen LogP) is 1.83. The molecule has 5 heteroatoms. The fourth-order valence-corrected chi connectivity index (χ4v) is 2.20. The van der Waals surface area contributed by atoms with Gasteiger partial charge in [0.2, 0.25) is 5.91 Å². The lowest BCUT2D eigenvalue weighted by Crippen LogP contribution is -2.35. The number of aliphatic hydroxyl groups excluding tert-OH is 1. The van der Waals surface area contributed by atoms with Crippen molar-refractivity contribution in [3.63, 3.8) is 0 Å². The van der Waals surface area contributed by atoms with Crippen LogP contribution < -0.4 is 5.32 Å². The van der Waals surface area contributed by atoms with E-state index in [1.54, 1.807) is 6.92 Å². The van der Waals surface area contributed by atoms with E-state index in [9.17, 15) is 4.79 Å². The smallest absolute Gasteiger partial charge is 0.220 e. The number of carbonyl (C=O) groups excluding carboxylic acids is 1. The highest BCUT2D eigenvalue weighted by molar-refractivity contribution is 7.16. The summed E-state index contributed by atoms with van der Waals surface area (Å²) in [7, 11) is 0. The average molecular weight is 248 g/mol. The van der Waals surface area contributed by atoms with Gasteiger partial charge in [-0.1, -0.05) is 11.6 Å². The first-order chi connectivity index (χ1) is 7.11. The van der Waals surface area contributed by atoms with E-state index < -0.39 is 0 Å². The molecule has 0 radical (unpaired) electrons. The second-order valence-electron chi connectivity index (χ2n) is 3.36. The molecule has 2 N–H and O–H groups in total. The molecule has 1 aromatic heterocycles. The molecule has 0 bridgehead atoms. The van der Waals surface area contributed by atoms with Gasteiger partial charge < -0.3 is 10.4 Å². The van der Waals surface area contributed by atoms with E-state index in [0.29, 0.717) is 12.8 Å². The number of carbonyl (C=O) groups is 1. The Hall–Kier alpha value is -0.580. The molecule has 84 valence electrons. The van der Waals surface area contributed by atoms with Crippen LogP contribution in [0.15, 0.2) is 12.1 Å². The number of rotatable bonds is 5. The first-order valence-corrected chi connectivity index (χ1v) is 5.95. The van der Waals surface area contributed by atoms with Crippen molar-refractivity contribution in [2.24, 2.45) is 0 Å². The molecule has 1 amide bonds. The first kappa shape index (κ1) is 12.5. The summed E-state index contributed by atoms with van der Waals surface area (Å²) in [6, 6.07) is 3.58. The number of aryl methyl sites for hydroxylation is 1. The molecule has 0 aromatic carbocycles. The van der Waals surface area contributed by atoms with E-state index in [2.05, 4.69) is 5.32 Å². The summed E-state index contributed by atoms with van der Waals surface area (Å²) >= 11 is 7.26. The second kappa shape index (κ2) is 6.10. The van der Waals surface area contributed by atoms with Crippen molar-refractivity contribution in [3.05, 3.63) is 21.3 Å². The van der Waals surface area contributed by atoms with Crippen molar-refractivity contribution in [2.45, 2.75) is 25.8 Å². The zero-order valence-corrected chi connectivity index (χ0v) is 10.1. The zero-order chi connectivity index (χ0) is 11.3. The minimum atomic E-state index is -0.176. The van der Waals surface area contributed by atoms with Gasteiger partial charge in [-0.25, -0.2) is 0 Å². The van der Waals surface area contributed by atoms with Gasteiger partial charge in [0.15, 0.2) is 0 Å². The van der Waals surface area contributed by atoms with Gasteiger partial charge >= 0.3 is 0 Å². The number of amides is 1. The maximum Gasteiger partial charge on any atom is 0.220 e. The van der Waals surface area contributed by atoms with Gasteiger partial charge in [-0.3, -0.25) is 4.79 Å². The summed E-state index contributed by atoms with van der Waals surface area (Å²) in [5, 5.41) is 11.4. The fourth-order valence-electron chi connectivity index (χ4n) is 1.12. The highest BCUT2D eigenvalue weighted by atomic mass is 35.5. The van der Waals surface area contributed by atoms with Crippen LogP contribution >= 0.6 is 22.9 Å². The Morgan fingerprint density at radius 2 is 2.40 bits per heavy atom. The molecule has 0 aliphatic carbocycles. The minimum Gasteiger partial charge on any atom is -0.394 e. The summed E-state index contributed by atoms with van der Waals surface area (Å²) in [6.07, 6.45) is 1.13. The van der Waals surface area contributed by atoms with Gasteiger partial charge in [-0.15, -0.1) is 11.3 Å². The topological polar surface area (TPSA) is 49.3 Å². The van der Waals surface area contributed by atoms with Crippen molar-refractivity contribution in [1.29, 1.82) is 0 Å². The van der Waals surface area contributed by atoms with E-state index in [1.807, 2.05) is 12.1 Å². The van der Waals surface area contributed by atoms with Gasteiger partial charge in [0.1, 0.15) is 0 Å². The van der Waals surface area contributed by atoms with Crippen LogP contribution in [-0.4, -0.2) is 23.7 Å². The third kappa shape index (κ3) is 4.64. The molecule has 0 saturated heterocycles. The van der Waals surface area contributed by atoms with Crippen LogP contribution in [0.5, 0.6) is 0 Å². The molecule has 0 aliphatic heterocycles. The Kier molecular flexibility index (Phi) is 5.08. The Balaban J connectivity index is 2.28. The Labute approximate surface area is 98.1 Å². The molecule has 0 aliphatic rings. The highest BCUT2D eigenvalue weighted by Gasteiger charge is 2.07. The highest BCUT2D eigenvalue weighted by Crippen LogP contribution is 2.22. The van der Waals surface area contributed by atoms with Crippen LogP contribution in [0.4, 0.5) is 0 Å². The summed E-state index contributed by atoms with van der Waals surface area (Å²) in [5.74, 6) is -0.0407. The van der Waals surface area contributed by atoms with Gasteiger partial charge in [-0.05, 0) is 25.5 Å². The van der Waals surface area contributed by atoms with Crippen LogP contribution in [0.25, 0.3) is 0 Å². The van der Waals surface area contributed by atoms with Crippen molar-refractivity contribution in [1.82, 2.24) is 5.32 Å². The van der Waals surface area contributed by atoms with E-state index >= 15 is 0 Å². The largest absolute Gasteiger partial charge is 0.394 e. The van der Waals surface area contributed by atoms with Crippen LogP contribution in [-0.2, 0) is 11.2 Å². The monoisotopic (exact) mass is 247 g/mol. The fraction of sp³-hybridized carbons (Fsp3) is 0.500. The predicted molar refractivity (Wildman–Crippen MR) is 62.3 cm³/mol. The van der Waals surface area contributed by atoms with Crippen molar-refractivity contribution >= 4 is 28.8 Å². The Morgan fingerprint density at radius 3 is 2.93 bits per heavy atom. The molecule has 0 spiro atoms. The van der Waals surface area contributed by atoms with Gasteiger partial charge in [0, 0.05) is 17.3 Å². The molecule has 1 unspecified atom stereocenters. The van der Waals surface area contributed by atoms with E-state index in [4.69, 9.17) is 16.7 Å². The lowest BCUT2D eigenvalue weighted by molar-refractivity contribution is -0.121. The number of hydrogen-bond donors (Lipinski definition) is 2. The second-order valence-corrected chi connectivity index (χ2v) is 5.16. The molecule has 3 nitrogen and oxygen atoms in total. The third-order valence-electron chi connectivity index (χ3n) is 1.91. The summed E-state index contributed by atoms with van der Waals surface area (Å²) in [4.78, 5) is 12.4. The van der Waals surface area contributed by atoms with E-state index in [-0.39, 0.29) is 18.6 Å². The Bertz CT molecular complexity index is 327. The quantitative estimate of drug-likeness (QED) is 0.834. The molecule has 1 rings (SSSR count). The molecule has 1 heterocycles. The van der Waals surface area contributed by atoms with E-state index in [0.717, 1.165) is 9.21 Å². The minimum absolute atomic E-state index is 0.0312. The van der Waals surface area contributed by atoms with Crippen molar-refractivity contribution < 1.29 is 9.90 Å². The van der Waals surface area contributed by atoms with E-state index in [1.165, 1.54) is 11.3 Å². The summed E-state index contributed by atoms with van der Waals surface area (Å²) in [5.41, 5.74) is 0. The molecule has 0 saturated carbocycles. The summed E-state index contributed by atoms with van der Waals surface area (Å²) < 4.78 is 0.745. The van der Waals surface area contributed by atoms with Crippen LogP contribution in [0.2, 0.25) is 4.34 Å². The maximum absolute atomic E-state index is 11.3.